The van der Waals surface area contributed by atoms with Gasteiger partial charge in [0, 0.05) is 5.39 Å². The van der Waals surface area contributed by atoms with Crippen molar-refractivity contribution in [1.82, 2.24) is 4.98 Å². The topological polar surface area (TPSA) is 141 Å². The van der Waals surface area contributed by atoms with Crippen molar-refractivity contribution in [2.75, 3.05) is 0 Å². The fraction of sp³-hybridized carbons (Fsp3) is 0.176. The molecule has 0 radical (unpaired) electrons. The van der Waals surface area contributed by atoms with Crippen LogP contribution < -0.4 is 5.14 Å². The molecular weight excluding hydrogens is 356 g/mol. The summed E-state index contributed by atoms with van der Waals surface area (Å²) in [6.45, 7) is 3.91. The number of nitrogens with zero attached hydrogens (tertiary/aromatic N) is 2. The third-order valence-corrected chi connectivity index (χ3v) is 4.88. The number of sulfonamides is 1. The van der Waals surface area contributed by atoms with Gasteiger partial charge < -0.3 is 15.2 Å². The highest BCUT2D eigenvalue weighted by Crippen LogP contribution is 2.40. The van der Waals surface area contributed by atoms with Crippen molar-refractivity contribution in [1.29, 1.82) is 0 Å². The van der Waals surface area contributed by atoms with E-state index in [9.17, 15) is 18.6 Å². The third-order valence-electron chi connectivity index (χ3n) is 3.95. The van der Waals surface area contributed by atoms with Crippen LogP contribution in [0.3, 0.4) is 0 Å². The number of aromatic amines is 1. The van der Waals surface area contributed by atoms with E-state index < -0.39 is 10.0 Å². The first kappa shape index (κ1) is 17.9. The van der Waals surface area contributed by atoms with E-state index in [0.29, 0.717) is 16.6 Å². The van der Waals surface area contributed by atoms with Crippen LogP contribution >= 0.6 is 0 Å². The first-order valence-corrected chi connectivity index (χ1v) is 9.33. The molecule has 0 aliphatic carbocycles. The number of fused-ring (bicyclic) bond motifs is 1. The number of primary sulfonamides is 1. The first-order valence-electron chi connectivity index (χ1n) is 7.79. The number of aromatic nitrogens is 1. The van der Waals surface area contributed by atoms with Gasteiger partial charge in [0.1, 0.15) is 5.75 Å². The normalized spacial score (nSPS) is 12.5. The number of H-pyrrole nitrogens is 1. The summed E-state index contributed by atoms with van der Waals surface area (Å²) in [5.74, 6) is 0.0536. The number of hydrogen-bond donors (Lipinski definition) is 4. The maximum absolute atomic E-state index is 11.2. The lowest BCUT2D eigenvalue weighted by atomic mass is 10.0. The summed E-state index contributed by atoms with van der Waals surface area (Å²) >= 11 is 0. The van der Waals surface area contributed by atoms with E-state index in [-0.39, 0.29) is 28.1 Å². The average molecular weight is 374 g/mol. The quantitative estimate of drug-likeness (QED) is 0.516. The van der Waals surface area contributed by atoms with E-state index >= 15 is 0 Å². The molecule has 3 rings (SSSR count). The Hall–Kier alpha value is -2.91. The van der Waals surface area contributed by atoms with Gasteiger partial charge >= 0.3 is 0 Å². The molecule has 0 fully saturated rings. The number of phenols is 1. The Kier molecular flexibility index (Phi) is 4.43. The largest absolute Gasteiger partial charge is 0.508 e. The van der Waals surface area contributed by atoms with Crippen molar-refractivity contribution in [3.05, 3.63) is 42.0 Å². The molecule has 0 bridgehead atoms. The predicted octanol–water partition coefficient (Wildman–Crippen LogP) is 3.77. The Balaban J connectivity index is 1.99. The second-order valence-electron chi connectivity index (χ2n) is 6.17. The molecule has 1 heterocycles. The Morgan fingerprint density at radius 2 is 1.73 bits per heavy atom. The number of aromatic hydroxyl groups is 2. The summed E-state index contributed by atoms with van der Waals surface area (Å²) in [6.07, 6.45) is 0. The van der Waals surface area contributed by atoms with Gasteiger partial charge in [-0.2, -0.15) is 5.11 Å². The van der Waals surface area contributed by atoms with Gasteiger partial charge in [-0.25, -0.2) is 13.6 Å². The molecular formula is C17H18N4O4S. The minimum atomic E-state index is -3.77. The standard InChI is InChI=1S/C17H18N4O4S/c1-9(2)12-7-14-13(8-15(12)22)16(17(23)19-14)21-20-10-3-5-11(6-4-10)26(18,24)25/h3-9,19,22-23H,1-2H3,(H2,18,24,25). The molecule has 0 amide bonds. The molecule has 136 valence electrons. The highest BCUT2D eigenvalue weighted by atomic mass is 32.2. The summed E-state index contributed by atoms with van der Waals surface area (Å²) in [6, 6.07) is 8.82. The van der Waals surface area contributed by atoms with Crippen molar-refractivity contribution in [2.45, 2.75) is 24.7 Å². The first-order chi connectivity index (χ1) is 12.2. The zero-order valence-corrected chi connectivity index (χ0v) is 14.9. The molecule has 0 aliphatic heterocycles. The molecule has 2 aromatic carbocycles. The zero-order chi connectivity index (χ0) is 19.1. The maximum Gasteiger partial charge on any atom is 0.238 e. The van der Waals surface area contributed by atoms with E-state index in [0.717, 1.165) is 5.56 Å². The van der Waals surface area contributed by atoms with E-state index in [1.807, 2.05) is 13.8 Å². The monoisotopic (exact) mass is 374 g/mol. The van der Waals surface area contributed by atoms with E-state index in [2.05, 4.69) is 15.2 Å². The van der Waals surface area contributed by atoms with Crippen molar-refractivity contribution < 1.29 is 18.6 Å². The van der Waals surface area contributed by atoms with Gasteiger partial charge in [0.05, 0.1) is 16.1 Å². The van der Waals surface area contributed by atoms with Crippen LogP contribution in [-0.2, 0) is 10.0 Å². The molecule has 8 nitrogen and oxygen atoms in total. The summed E-state index contributed by atoms with van der Waals surface area (Å²) in [4.78, 5) is 2.78. The minimum absolute atomic E-state index is 0.0301. The minimum Gasteiger partial charge on any atom is -0.508 e. The lowest BCUT2D eigenvalue weighted by Gasteiger charge is -2.08. The molecule has 0 unspecified atom stereocenters. The maximum atomic E-state index is 11.2. The van der Waals surface area contributed by atoms with E-state index in [4.69, 9.17) is 5.14 Å². The number of hydrogen-bond acceptors (Lipinski definition) is 6. The van der Waals surface area contributed by atoms with E-state index in [1.54, 1.807) is 6.07 Å². The van der Waals surface area contributed by atoms with Gasteiger partial charge in [0.2, 0.25) is 15.9 Å². The van der Waals surface area contributed by atoms with Gasteiger partial charge in [-0.1, -0.05) is 13.8 Å². The molecule has 5 N–H and O–H groups in total. The van der Waals surface area contributed by atoms with Gasteiger partial charge in [0.25, 0.3) is 0 Å². The Labute approximate surface area is 150 Å². The van der Waals surface area contributed by atoms with Crippen molar-refractivity contribution >= 4 is 32.3 Å². The zero-order valence-electron chi connectivity index (χ0n) is 14.1. The van der Waals surface area contributed by atoms with Crippen molar-refractivity contribution in [3.63, 3.8) is 0 Å². The molecule has 0 atom stereocenters. The molecule has 0 saturated heterocycles. The molecule has 0 aliphatic rings. The van der Waals surface area contributed by atoms with E-state index in [1.165, 1.54) is 30.3 Å². The van der Waals surface area contributed by atoms with Gasteiger partial charge in [0.15, 0.2) is 5.69 Å². The summed E-state index contributed by atoms with van der Waals surface area (Å²) < 4.78 is 22.5. The number of nitrogens with one attached hydrogen (secondary N) is 1. The van der Waals surface area contributed by atoms with Crippen LogP contribution in [-0.4, -0.2) is 23.6 Å². The van der Waals surface area contributed by atoms with Gasteiger partial charge in [-0.05, 0) is 47.9 Å². The summed E-state index contributed by atoms with van der Waals surface area (Å²) in [5, 5.41) is 33.9. The molecule has 26 heavy (non-hydrogen) atoms. The van der Waals surface area contributed by atoms with Crippen LogP contribution in [0, 0.1) is 0 Å². The second kappa shape index (κ2) is 6.43. The van der Waals surface area contributed by atoms with Crippen molar-refractivity contribution in [2.24, 2.45) is 15.4 Å². The lowest BCUT2D eigenvalue weighted by Crippen LogP contribution is -2.11. The number of nitrogens with two attached hydrogens (primary N) is 1. The molecule has 9 heteroatoms. The van der Waals surface area contributed by atoms with Crippen LogP contribution in [0.15, 0.2) is 51.5 Å². The van der Waals surface area contributed by atoms with Crippen LogP contribution in [0.1, 0.15) is 25.3 Å². The fourth-order valence-corrected chi connectivity index (χ4v) is 3.11. The highest BCUT2D eigenvalue weighted by molar-refractivity contribution is 7.89. The Morgan fingerprint density at radius 3 is 2.31 bits per heavy atom. The summed E-state index contributed by atoms with van der Waals surface area (Å²) in [7, 11) is -3.77. The average Bonchev–Trinajstić information content (AvgIpc) is 2.86. The third kappa shape index (κ3) is 3.39. The van der Waals surface area contributed by atoms with Crippen molar-refractivity contribution in [3.8, 4) is 11.6 Å². The highest BCUT2D eigenvalue weighted by Gasteiger charge is 2.15. The molecule has 1 aromatic heterocycles. The number of rotatable bonds is 4. The predicted molar refractivity (Wildman–Crippen MR) is 97.7 cm³/mol. The second-order valence-corrected chi connectivity index (χ2v) is 7.73. The lowest BCUT2D eigenvalue weighted by molar-refractivity contribution is 0.459. The van der Waals surface area contributed by atoms with Crippen LogP contribution in [0.4, 0.5) is 11.4 Å². The Morgan fingerprint density at radius 1 is 1.08 bits per heavy atom. The fourth-order valence-electron chi connectivity index (χ4n) is 2.59. The summed E-state index contributed by atoms with van der Waals surface area (Å²) in [5.41, 5.74) is 1.94. The van der Waals surface area contributed by atoms with Crippen LogP contribution in [0.5, 0.6) is 11.6 Å². The molecule has 0 spiro atoms. The smallest absolute Gasteiger partial charge is 0.238 e. The Bertz CT molecular complexity index is 1100. The number of benzene rings is 2. The SMILES string of the molecule is CC(C)c1cc2[nH]c(O)c(N=Nc3ccc(S(N)(=O)=O)cc3)c2cc1O. The number of azo groups is 1. The van der Waals surface area contributed by atoms with Gasteiger partial charge in [-0.3, -0.25) is 0 Å². The molecule has 0 saturated carbocycles. The van der Waals surface area contributed by atoms with Gasteiger partial charge in [-0.15, -0.1) is 5.11 Å². The van der Waals surface area contributed by atoms with Crippen LogP contribution in [0.2, 0.25) is 0 Å². The number of phenolic OH excluding ortho intramolecular Hbond substituents is 1. The molecule has 3 aromatic rings. The van der Waals surface area contributed by atoms with Crippen LogP contribution in [0.25, 0.3) is 10.9 Å².